The molecule has 0 aromatic carbocycles. The second kappa shape index (κ2) is 4.11. The van der Waals surface area contributed by atoms with Crippen LogP contribution in [0.25, 0.3) is 0 Å². The molecule has 0 bridgehead atoms. The van der Waals surface area contributed by atoms with Crippen molar-refractivity contribution in [2.75, 3.05) is 7.11 Å². The van der Waals surface area contributed by atoms with E-state index in [1.165, 1.54) is 7.11 Å². The fraction of sp³-hybridized carbons (Fsp3) is 0.625. The third-order valence-electron chi connectivity index (χ3n) is 1.55. The topological polar surface area (TPSA) is 55.5 Å². The van der Waals surface area contributed by atoms with E-state index in [0.717, 1.165) is 5.76 Å². The zero-order valence-corrected chi connectivity index (χ0v) is 7.28. The van der Waals surface area contributed by atoms with E-state index in [4.69, 9.17) is 14.4 Å². The molecule has 0 saturated carbocycles. The van der Waals surface area contributed by atoms with E-state index in [0.29, 0.717) is 18.7 Å². The van der Waals surface area contributed by atoms with Gasteiger partial charge in [0, 0.05) is 12.5 Å². The summed E-state index contributed by atoms with van der Waals surface area (Å²) in [7, 11) is 1.54. The lowest BCUT2D eigenvalue weighted by Gasteiger charge is -1.98. The summed E-state index contributed by atoms with van der Waals surface area (Å²) in [5.74, 6) is 1.23. The minimum Gasteiger partial charge on any atom is -0.479 e. The average Bonchev–Trinajstić information content (AvgIpc) is 2.48. The Balaban J connectivity index is 2.41. The summed E-state index contributed by atoms with van der Waals surface area (Å²) in [4.78, 5) is 0. The number of aliphatic hydroxyl groups excluding tert-OH is 1. The fourth-order valence-corrected chi connectivity index (χ4v) is 0.859. The average molecular weight is 171 g/mol. The first-order valence-corrected chi connectivity index (χ1v) is 3.90. The highest BCUT2D eigenvalue weighted by atomic mass is 16.5. The molecule has 1 N–H and O–H groups in total. The van der Waals surface area contributed by atoms with Gasteiger partial charge >= 0.3 is 0 Å². The molecule has 0 aliphatic carbocycles. The second-order valence-electron chi connectivity index (χ2n) is 2.72. The molecular formula is C8H13NO3. The molecule has 0 unspecified atom stereocenters. The van der Waals surface area contributed by atoms with Crippen LogP contribution in [-0.2, 0) is 6.42 Å². The van der Waals surface area contributed by atoms with Crippen LogP contribution in [0.5, 0.6) is 5.88 Å². The predicted octanol–water partition coefficient (Wildman–Crippen LogP) is 0.997. The van der Waals surface area contributed by atoms with Gasteiger partial charge in [-0.25, -0.2) is 0 Å². The predicted molar refractivity (Wildman–Crippen MR) is 43.1 cm³/mol. The van der Waals surface area contributed by atoms with Crippen molar-refractivity contribution in [1.82, 2.24) is 5.16 Å². The number of hydrogen-bond donors (Lipinski definition) is 1. The van der Waals surface area contributed by atoms with E-state index >= 15 is 0 Å². The third kappa shape index (κ3) is 2.54. The normalized spacial score (nSPS) is 12.9. The molecular weight excluding hydrogens is 158 g/mol. The van der Waals surface area contributed by atoms with Gasteiger partial charge in [-0.3, -0.25) is 0 Å². The van der Waals surface area contributed by atoms with Gasteiger partial charge < -0.3 is 14.4 Å². The Labute approximate surface area is 71.1 Å². The summed E-state index contributed by atoms with van der Waals surface area (Å²) in [6.07, 6.45) is 1.06. The summed E-state index contributed by atoms with van der Waals surface area (Å²) in [6, 6.07) is 1.72. The SMILES string of the molecule is COc1cc(CC[C@H](C)O)on1. The lowest BCUT2D eigenvalue weighted by molar-refractivity contribution is 0.181. The Morgan fingerprint density at radius 1 is 1.75 bits per heavy atom. The molecule has 1 atom stereocenters. The van der Waals surface area contributed by atoms with Gasteiger partial charge in [0.15, 0.2) is 0 Å². The van der Waals surface area contributed by atoms with E-state index < -0.39 is 0 Å². The Morgan fingerprint density at radius 3 is 3.00 bits per heavy atom. The number of hydrogen-bond acceptors (Lipinski definition) is 4. The molecule has 68 valence electrons. The molecule has 0 aliphatic rings. The van der Waals surface area contributed by atoms with E-state index in [-0.39, 0.29) is 6.10 Å². The van der Waals surface area contributed by atoms with Gasteiger partial charge in [0.2, 0.25) is 0 Å². The van der Waals surface area contributed by atoms with Crippen molar-refractivity contribution in [3.63, 3.8) is 0 Å². The molecule has 1 aromatic heterocycles. The van der Waals surface area contributed by atoms with Gasteiger partial charge in [0.05, 0.1) is 13.2 Å². The van der Waals surface area contributed by atoms with Crippen LogP contribution in [0.15, 0.2) is 10.6 Å². The number of aryl methyl sites for hydroxylation is 1. The molecule has 0 fully saturated rings. The molecule has 4 heteroatoms. The van der Waals surface area contributed by atoms with Crippen LogP contribution in [0.4, 0.5) is 0 Å². The Kier molecular flexibility index (Phi) is 3.10. The lowest BCUT2D eigenvalue weighted by atomic mass is 10.2. The highest BCUT2D eigenvalue weighted by Crippen LogP contribution is 2.12. The minimum absolute atomic E-state index is 0.305. The van der Waals surface area contributed by atoms with Crippen molar-refractivity contribution in [3.8, 4) is 5.88 Å². The van der Waals surface area contributed by atoms with Gasteiger partial charge in [0.25, 0.3) is 5.88 Å². The zero-order chi connectivity index (χ0) is 8.97. The van der Waals surface area contributed by atoms with Crippen LogP contribution < -0.4 is 4.74 Å². The van der Waals surface area contributed by atoms with Crippen molar-refractivity contribution in [2.45, 2.75) is 25.9 Å². The van der Waals surface area contributed by atoms with Gasteiger partial charge in [-0.15, -0.1) is 0 Å². The van der Waals surface area contributed by atoms with E-state index in [9.17, 15) is 0 Å². The fourth-order valence-electron chi connectivity index (χ4n) is 0.859. The van der Waals surface area contributed by atoms with Gasteiger partial charge in [-0.1, -0.05) is 0 Å². The van der Waals surface area contributed by atoms with E-state index in [1.54, 1.807) is 13.0 Å². The number of methoxy groups -OCH3 is 1. The Bertz CT molecular complexity index is 232. The summed E-state index contributed by atoms with van der Waals surface area (Å²) in [5, 5.41) is 12.6. The zero-order valence-electron chi connectivity index (χ0n) is 7.28. The maximum Gasteiger partial charge on any atom is 0.254 e. The van der Waals surface area contributed by atoms with Gasteiger partial charge in [-0.05, 0) is 18.5 Å². The molecule has 1 rings (SSSR count). The molecule has 0 aliphatic heterocycles. The molecule has 0 radical (unpaired) electrons. The molecule has 0 amide bonds. The van der Waals surface area contributed by atoms with Gasteiger partial charge in [0.1, 0.15) is 5.76 Å². The first kappa shape index (κ1) is 9.06. The quantitative estimate of drug-likeness (QED) is 0.734. The van der Waals surface area contributed by atoms with Crippen molar-refractivity contribution < 1.29 is 14.4 Å². The number of ether oxygens (including phenoxy) is 1. The van der Waals surface area contributed by atoms with E-state index in [1.807, 2.05) is 0 Å². The largest absolute Gasteiger partial charge is 0.479 e. The summed E-state index contributed by atoms with van der Waals surface area (Å²) >= 11 is 0. The molecule has 1 aromatic rings. The number of aromatic nitrogens is 1. The van der Waals surface area contributed by atoms with Crippen molar-refractivity contribution >= 4 is 0 Å². The molecule has 0 saturated heterocycles. The monoisotopic (exact) mass is 171 g/mol. The minimum atomic E-state index is -0.305. The Morgan fingerprint density at radius 2 is 2.50 bits per heavy atom. The van der Waals surface area contributed by atoms with Gasteiger partial charge in [-0.2, -0.15) is 0 Å². The summed E-state index contributed by atoms with van der Waals surface area (Å²) in [5.41, 5.74) is 0. The third-order valence-corrected chi connectivity index (χ3v) is 1.55. The van der Waals surface area contributed by atoms with E-state index in [2.05, 4.69) is 5.16 Å². The molecule has 1 heterocycles. The summed E-state index contributed by atoms with van der Waals surface area (Å²) in [6.45, 7) is 1.74. The standard InChI is InChI=1S/C8H13NO3/c1-6(10)3-4-7-5-8(11-2)9-12-7/h5-6,10H,3-4H2,1-2H3/t6-/m0/s1. The van der Waals surface area contributed by atoms with Crippen LogP contribution in [0.1, 0.15) is 19.1 Å². The van der Waals surface area contributed by atoms with Crippen molar-refractivity contribution in [3.05, 3.63) is 11.8 Å². The molecule has 12 heavy (non-hydrogen) atoms. The number of aliphatic hydroxyl groups is 1. The molecule has 0 spiro atoms. The second-order valence-corrected chi connectivity index (χ2v) is 2.72. The van der Waals surface area contributed by atoms with Crippen LogP contribution in [0.2, 0.25) is 0 Å². The van der Waals surface area contributed by atoms with Crippen LogP contribution >= 0.6 is 0 Å². The Hall–Kier alpha value is -1.03. The first-order valence-electron chi connectivity index (χ1n) is 3.90. The van der Waals surface area contributed by atoms with Crippen LogP contribution in [0.3, 0.4) is 0 Å². The van der Waals surface area contributed by atoms with Crippen molar-refractivity contribution in [2.24, 2.45) is 0 Å². The van der Waals surface area contributed by atoms with Crippen LogP contribution in [-0.4, -0.2) is 23.5 Å². The smallest absolute Gasteiger partial charge is 0.254 e. The van der Waals surface area contributed by atoms with Crippen LogP contribution in [0, 0.1) is 0 Å². The van der Waals surface area contributed by atoms with Crippen molar-refractivity contribution in [1.29, 1.82) is 0 Å². The molecule has 4 nitrogen and oxygen atoms in total. The first-order chi connectivity index (χ1) is 5.72. The maximum atomic E-state index is 8.98. The highest BCUT2D eigenvalue weighted by molar-refractivity contribution is 5.10. The summed E-state index contributed by atoms with van der Waals surface area (Å²) < 4.78 is 9.75. The highest BCUT2D eigenvalue weighted by Gasteiger charge is 2.04. The lowest BCUT2D eigenvalue weighted by Crippen LogP contribution is -2.00. The number of nitrogens with zero attached hydrogens (tertiary/aromatic N) is 1. The maximum absolute atomic E-state index is 8.98. The number of rotatable bonds is 4.